The lowest BCUT2D eigenvalue weighted by molar-refractivity contribution is -0.116. The van der Waals surface area contributed by atoms with E-state index < -0.39 is 5.91 Å². The minimum absolute atomic E-state index is 0.103. The van der Waals surface area contributed by atoms with Crippen molar-refractivity contribution < 1.29 is 4.79 Å². The molecule has 6 nitrogen and oxygen atoms in total. The molecule has 6 heteroatoms. The molecule has 0 aromatic carbocycles. The highest BCUT2D eigenvalue weighted by molar-refractivity contribution is 5.79. The number of rotatable bonds is 4. The van der Waals surface area contributed by atoms with Gasteiger partial charge in [0.15, 0.2) is 5.82 Å². The van der Waals surface area contributed by atoms with Crippen LogP contribution in [0, 0.1) is 0 Å². The van der Waals surface area contributed by atoms with Crippen molar-refractivity contribution in [2.45, 2.75) is 6.54 Å². The van der Waals surface area contributed by atoms with E-state index in [1.165, 1.54) is 0 Å². The quantitative estimate of drug-likeness (QED) is 0.632. The van der Waals surface area contributed by atoms with Crippen LogP contribution in [0.3, 0.4) is 0 Å². The predicted octanol–water partition coefficient (Wildman–Crippen LogP) is -1.14. The van der Waals surface area contributed by atoms with E-state index in [1.807, 2.05) is 0 Å². The Labute approximate surface area is 81.9 Å². The van der Waals surface area contributed by atoms with E-state index in [0.717, 1.165) is 5.56 Å². The molecular formula is C8H13N5O. The molecule has 14 heavy (non-hydrogen) atoms. The lowest BCUT2D eigenvalue weighted by atomic mass is 10.2. The Balaban J connectivity index is 2.87. The minimum atomic E-state index is -0.416. The molecule has 0 bridgehead atoms. The maximum atomic E-state index is 10.7. The molecule has 0 atom stereocenters. The first-order chi connectivity index (χ1) is 6.65. The fraction of sp³-hybridized carbons (Fsp3) is 0.375. The van der Waals surface area contributed by atoms with Crippen molar-refractivity contribution in [3.8, 4) is 0 Å². The van der Waals surface area contributed by atoms with Gasteiger partial charge >= 0.3 is 0 Å². The van der Waals surface area contributed by atoms with Gasteiger partial charge in [0.05, 0.1) is 12.7 Å². The standard InChI is InChI=1S/C8H13N5O/c1-13(5-7(10)14)8-6(4-9)2-3-11-12-8/h2-3H,4-5,9H2,1H3,(H2,10,14). The van der Waals surface area contributed by atoms with E-state index in [2.05, 4.69) is 10.2 Å². The Morgan fingerprint density at radius 3 is 2.93 bits per heavy atom. The average molecular weight is 195 g/mol. The number of hydrogen-bond acceptors (Lipinski definition) is 5. The molecule has 1 heterocycles. The molecule has 0 saturated heterocycles. The summed E-state index contributed by atoms with van der Waals surface area (Å²) in [5.74, 6) is 0.176. The molecule has 0 spiro atoms. The van der Waals surface area contributed by atoms with E-state index in [4.69, 9.17) is 11.5 Å². The molecule has 0 fully saturated rings. The van der Waals surface area contributed by atoms with Crippen molar-refractivity contribution in [2.24, 2.45) is 11.5 Å². The molecule has 0 radical (unpaired) electrons. The van der Waals surface area contributed by atoms with E-state index in [1.54, 1.807) is 24.2 Å². The SMILES string of the molecule is CN(CC(N)=O)c1nnccc1CN. The van der Waals surface area contributed by atoms with Crippen molar-refractivity contribution in [2.75, 3.05) is 18.5 Å². The van der Waals surface area contributed by atoms with Gasteiger partial charge in [0.1, 0.15) is 0 Å². The summed E-state index contributed by atoms with van der Waals surface area (Å²) in [5, 5.41) is 7.61. The van der Waals surface area contributed by atoms with Crippen LogP contribution in [-0.2, 0) is 11.3 Å². The van der Waals surface area contributed by atoms with Gasteiger partial charge in [-0.05, 0) is 6.07 Å². The number of hydrogen-bond donors (Lipinski definition) is 2. The fourth-order valence-electron chi connectivity index (χ4n) is 1.14. The largest absolute Gasteiger partial charge is 0.368 e. The summed E-state index contributed by atoms with van der Waals surface area (Å²) < 4.78 is 0. The van der Waals surface area contributed by atoms with Gasteiger partial charge in [-0.1, -0.05) is 0 Å². The summed E-state index contributed by atoms with van der Waals surface area (Å²) in [6.45, 7) is 0.458. The molecule has 1 aromatic heterocycles. The van der Waals surface area contributed by atoms with Crippen molar-refractivity contribution in [3.05, 3.63) is 17.8 Å². The number of carbonyl (C=O) groups excluding carboxylic acids is 1. The van der Waals surface area contributed by atoms with E-state index in [-0.39, 0.29) is 6.54 Å². The summed E-state index contributed by atoms with van der Waals surface area (Å²) in [6, 6.07) is 1.76. The zero-order valence-electron chi connectivity index (χ0n) is 7.97. The maximum Gasteiger partial charge on any atom is 0.236 e. The third-order valence-corrected chi connectivity index (χ3v) is 1.76. The van der Waals surface area contributed by atoms with Gasteiger partial charge in [0.2, 0.25) is 5.91 Å². The molecular weight excluding hydrogens is 182 g/mol. The zero-order chi connectivity index (χ0) is 10.6. The van der Waals surface area contributed by atoms with Crippen LogP contribution in [0.5, 0.6) is 0 Å². The molecule has 76 valence electrons. The molecule has 0 saturated carbocycles. The maximum absolute atomic E-state index is 10.7. The summed E-state index contributed by atoms with van der Waals surface area (Å²) in [4.78, 5) is 12.3. The Bertz CT molecular complexity index is 327. The van der Waals surface area contributed by atoms with Crippen LogP contribution < -0.4 is 16.4 Å². The van der Waals surface area contributed by atoms with E-state index in [0.29, 0.717) is 12.4 Å². The normalized spacial score (nSPS) is 9.86. The highest BCUT2D eigenvalue weighted by Crippen LogP contribution is 2.12. The highest BCUT2D eigenvalue weighted by Gasteiger charge is 2.09. The Hall–Kier alpha value is -1.69. The molecule has 1 amide bonds. The van der Waals surface area contributed by atoms with Crippen molar-refractivity contribution in [1.82, 2.24) is 10.2 Å². The van der Waals surface area contributed by atoms with Gasteiger partial charge < -0.3 is 16.4 Å². The molecule has 0 aliphatic carbocycles. The first-order valence-electron chi connectivity index (χ1n) is 4.15. The van der Waals surface area contributed by atoms with Crippen molar-refractivity contribution in [3.63, 3.8) is 0 Å². The van der Waals surface area contributed by atoms with Gasteiger partial charge in [-0.15, -0.1) is 5.10 Å². The molecule has 4 N–H and O–H groups in total. The van der Waals surface area contributed by atoms with E-state index >= 15 is 0 Å². The van der Waals surface area contributed by atoms with Gasteiger partial charge in [-0.3, -0.25) is 4.79 Å². The third-order valence-electron chi connectivity index (χ3n) is 1.76. The summed E-state index contributed by atoms with van der Waals surface area (Å²) in [6.07, 6.45) is 1.56. The Morgan fingerprint density at radius 1 is 1.64 bits per heavy atom. The van der Waals surface area contributed by atoms with Crippen molar-refractivity contribution in [1.29, 1.82) is 0 Å². The summed E-state index contributed by atoms with van der Waals surface area (Å²) >= 11 is 0. The van der Waals surface area contributed by atoms with Gasteiger partial charge in [-0.2, -0.15) is 5.10 Å². The zero-order valence-corrected chi connectivity index (χ0v) is 7.97. The summed E-state index contributed by atoms with van der Waals surface area (Å²) in [5.41, 5.74) is 11.4. The number of nitrogens with zero attached hydrogens (tertiary/aromatic N) is 3. The second kappa shape index (κ2) is 4.52. The van der Waals surface area contributed by atoms with Gasteiger partial charge in [0, 0.05) is 19.2 Å². The molecule has 0 aliphatic heterocycles. The second-order valence-corrected chi connectivity index (χ2v) is 2.91. The Morgan fingerprint density at radius 2 is 2.36 bits per heavy atom. The van der Waals surface area contributed by atoms with Crippen LogP contribution in [0.2, 0.25) is 0 Å². The number of aromatic nitrogens is 2. The minimum Gasteiger partial charge on any atom is -0.368 e. The van der Waals surface area contributed by atoms with Crippen LogP contribution in [0.4, 0.5) is 5.82 Å². The number of primary amides is 1. The number of carbonyl (C=O) groups is 1. The highest BCUT2D eigenvalue weighted by atomic mass is 16.1. The number of amides is 1. The smallest absolute Gasteiger partial charge is 0.236 e. The lowest BCUT2D eigenvalue weighted by Crippen LogP contribution is -2.32. The lowest BCUT2D eigenvalue weighted by Gasteiger charge is -2.17. The van der Waals surface area contributed by atoms with E-state index in [9.17, 15) is 4.79 Å². The van der Waals surface area contributed by atoms with Gasteiger partial charge in [0.25, 0.3) is 0 Å². The molecule has 1 rings (SSSR count). The van der Waals surface area contributed by atoms with Crippen LogP contribution in [0.15, 0.2) is 12.3 Å². The molecule has 0 unspecified atom stereocenters. The van der Waals surface area contributed by atoms with Crippen molar-refractivity contribution >= 4 is 11.7 Å². The Kier molecular flexibility index (Phi) is 3.35. The van der Waals surface area contributed by atoms with Crippen LogP contribution in [0.25, 0.3) is 0 Å². The second-order valence-electron chi connectivity index (χ2n) is 2.91. The van der Waals surface area contributed by atoms with Crippen LogP contribution in [0.1, 0.15) is 5.56 Å². The number of likely N-dealkylation sites (N-methyl/N-ethyl adjacent to an activating group) is 1. The summed E-state index contributed by atoms with van der Waals surface area (Å²) in [7, 11) is 1.72. The van der Waals surface area contributed by atoms with Gasteiger partial charge in [-0.25, -0.2) is 0 Å². The first kappa shape index (κ1) is 10.4. The third kappa shape index (κ3) is 2.40. The monoisotopic (exact) mass is 195 g/mol. The molecule has 1 aromatic rings. The fourth-order valence-corrected chi connectivity index (χ4v) is 1.14. The van der Waals surface area contributed by atoms with Crippen LogP contribution >= 0.6 is 0 Å². The van der Waals surface area contributed by atoms with Crippen LogP contribution in [-0.4, -0.2) is 29.7 Å². The average Bonchev–Trinajstić information content (AvgIpc) is 2.16. The molecule has 0 aliphatic rings. The first-order valence-corrected chi connectivity index (χ1v) is 4.15. The number of anilines is 1. The predicted molar refractivity (Wildman–Crippen MR) is 52.4 cm³/mol. The topological polar surface area (TPSA) is 98.1 Å². The number of nitrogens with two attached hydrogens (primary N) is 2.